The minimum Gasteiger partial charge on any atom is -0.467 e. The van der Waals surface area contributed by atoms with Crippen LogP contribution in [0.15, 0.2) is 36.7 Å². The zero-order valence-electron chi connectivity index (χ0n) is 14.0. The smallest absolute Gasteiger partial charge is 0.258 e. The van der Waals surface area contributed by atoms with E-state index in [0.717, 1.165) is 28.6 Å². The van der Waals surface area contributed by atoms with Gasteiger partial charge in [0.15, 0.2) is 6.61 Å². The number of amides is 1. The number of hydrogen-bond acceptors (Lipinski definition) is 5. The van der Waals surface area contributed by atoms with Crippen LogP contribution >= 0.6 is 11.3 Å². The van der Waals surface area contributed by atoms with Crippen LogP contribution in [0.2, 0.25) is 0 Å². The fraction of sp³-hybridized carbons (Fsp3) is 0.316. The molecule has 1 atom stereocenters. The summed E-state index contributed by atoms with van der Waals surface area (Å²) in [5.74, 6) is 0.363. The minimum atomic E-state index is -0.157. The molecule has 2 aromatic heterocycles. The van der Waals surface area contributed by atoms with Crippen LogP contribution in [0.25, 0.3) is 10.2 Å². The second-order valence-electron chi connectivity index (χ2n) is 6.20. The van der Waals surface area contributed by atoms with Gasteiger partial charge in [-0.05, 0) is 37.3 Å². The van der Waals surface area contributed by atoms with Gasteiger partial charge in [-0.15, -0.1) is 11.3 Å². The lowest BCUT2D eigenvalue weighted by molar-refractivity contribution is -0.123. The highest BCUT2D eigenvalue weighted by Gasteiger charge is 2.22. The van der Waals surface area contributed by atoms with E-state index in [1.165, 1.54) is 23.2 Å². The van der Waals surface area contributed by atoms with Crippen LogP contribution in [0.5, 0.6) is 5.88 Å². The fourth-order valence-electron chi connectivity index (χ4n) is 3.25. The van der Waals surface area contributed by atoms with E-state index in [9.17, 15) is 4.79 Å². The molecule has 0 radical (unpaired) electrons. The van der Waals surface area contributed by atoms with Gasteiger partial charge in [-0.25, -0.2) is 9.97 Å². The van der Waals surface area contributed by atoms with Crippen LogP contribution in [-0.2, 0) is 17.6 Å². The number of carbonyl (C=O) groups is 1. The molecule has 4 rings (SSSR count). The molecule has 0 aliphatic heterocycles. The number of ether oxygens (including phenoxy) is 1. The number of benzene rings is 1. The molecule has 5 nitrogen and oxygen atoms in total. The molecule has 1 unspecified atom stereocenters. The van der Waals surface area contributed by atoms with Crippen LogP contribution in [0.3, 0.4) is 0 Å². The summed E-state index contributed by atoms with van der Waals surface area (Å²) in [5.41, 5.74) is 2.37. The van der Waals surface area contributed by atoms with E-state index in [2.05, 4.69) is 15.3 Å². The van der Waals surface area contributed by atoms with Crippen LogP contribution in [0, 0.1) is 0 Å². The normalized spacial score (nSPS) is 14.3. The maximum absolute atomic E-state index is 12.2. The summed E-state index contributed by atoms with van der Waals surface area (Å²) >= 11 is 1.71. The molecule has 1 amide bonds. The second kappa shape index (κ2) is 6.80. The Bertz CT molecular complexity index is 908. The van der Waals surface area contributed by atoms with E-state index in [1.807, 2.05) is 37.3 Å². The van der Waals surface area contributed by atoms with Gasteiger partial charge in [-0.1, -0.05) is 30.3 Å². The molecule has 2 heterocycles. The fourth-order valence-corrected chi connectivity index (χ4v) is 4.47. The Balaban J connectivity index is 1.45. The first-order valence-corrected chi connectivity index (χ1v) is 9.26. The third kappa shape index (κ3) is 3.22. The number of rotatable bonds is 5. The van der Waals surface area contributed by atoms with Crippen molar-refractivity contribution in [3.8, 4) is 5.88 Å². The zero-order chi connectivity index (χ0) is 17.2. The average Bonchev–Trinajstić information content (AvgIpc) is 3.21. The van der Waals surface area contributed by atoms with Gasteiger partial charge in [0.2, 0.25) is 5.88 Å². The molecule has 3 aromatic rings. The first-order valence-electron chi connectivity index (χ1n) is 8.44. The number of hydrogen-bond donors (Lipinski definition) is 1. The van der Waals surface area contributed by atoms with Crippen molar-refractivity contribution in [2.45, 2.75) is 32.2 Å². The van der Waals surface area contributed by atoms with Gasteiger partial charge in [0.25, 0.3) is 5.91 Å². The Morgan fingerprint density at radius 1 is 1.28 bits per heavy atom. The lowest BCUT2D eigenvalue weighted by Crippen LogP contribution is -2.31. The molecule has 0 saturated carbocycles. The largest absolute Gasteiger partial charge is 0.467 e. The summed E-state index contributed by atoms with van der Waals surface area (Å²) in [4.78, 5) is 23.2. The molecule has 25 heavy (non-hydrogen) atoms. The third-order valence-electron chi connectivity index (χ3n) is 4.48. The van der Waals surface area contributed by atoms with Crippen molar-refractivity contribution in [2.24, 2.45) is 0 Å². The maximum atomic E-state index is 12.2. The van der Waals surface area contributed by atoms with Crippen molar-refractivity contribution in [3.63, 3.8) is 0 Å². The predicted molar refractivity (Wildman–Crippen MR) is 97.9 cm³/mol. The van der Waals surface area contributed by atoms with Crippen molar-refractivity contribution in [2.75, 3.05) is 6.61 Å². The number of thiophene rings is 1. The Labute approximate surface area is 150 Å². The molecule has 0 spiro atoms. The average molecular weight is 353 g/mol. The quantitative estimate of drug-likeness (QED) is 0.763. The summed E-state index contributed by atoms with van der Waals surface area (Å²) in [6.45, 7) is 1.91. The van der Waals surface area contributed by atoms with Crippen LogP contribution in [0.1, 0.15) is 35.4 Å². The van der Waals surface area contributed by atoms with Crippen molar-refractivity contribution in [1.29, 1.82) is 0 Å². The van der Waals surface area contributed by atoms with Crippen LogP contribution in [0.4, 0.5) is 0 Å². The molecular weight excluding hydrogens is 334 g/mol. The highest BCUT2D eigenvalue weighted by molar-refractivity contribution is 7.18. The molecular formula is C19H19N3O2S. The van der Waals surface area contributed by atoms with Crippen molar-refractivity contribution in [1.82, 2.24) is 15.3 Å². The Morgan fingerprint density at radius 2 is 2.12 bits per heavy atom. The summed E-state index contributed by atoms with van der Waals surface area (Å²) < 4.78 is 5.74. The number of carbonyl (C=O) groups excluding carboxylic acids is 1. The molecule has 6 heteroatoms. The minimum absolute atomic E-state index is 0.0477. The van der Waals surface area contributed by atoms with Crippen LogP contribution < -0.4 is 10.1 Å². The highest BCUT2D eigenvalue weighted by Crippen LogP contribution is 2.39. The Kier molecular flexibility index (Phi) is 4.36. The Morgan fingerprint density at radius 3 is 2.96 bits per heavy atom. The Hall–Kier alpha value is -2.47. The van der Waals surface area contributed by atoms with E-state index < -0.39 is 0 Å². The standard InChI is InChI=1S/C19H19N3O2S/c1-12(13-6-3-2-4-7-13)22-16(23)10-24-18-17-14-8-5-9-15(14)25-19(17)21-11-20-18/h2-4,6-7,11-12H,5,8-10H2,1H3,(H,22,23). The molecule has 0 bridgehead atoms. The summed E-state index contributed by atoms with van der Waals surface area (Å²) in [6, 6.07) is 9.81. The topological polar surface area (TPSA) is 64.1 Å². The second-order valence-corrected chi connectivity index (χ2v) is 7.29. The molecule has 1 aliphatic carbocycles. The van der Waals surface area contributed by atoms with E-state index in [0.29, 0.717) is 5.88 Å². The van der Waals surface area contributed by atoms with Gasteiger partial charge in [-0.3, -0.25) is 4.79 Å². The van der Waals surface area contributed by atoms with E-state index in [-0.39, 0.29) is 18.6 Å². The molecule has 1 N–H and O–H groups in total. The zero-order valence-corrected chi connectivity index (χ0v) is 14.8. The molecule has 128 valence electrons. The maximum Gasteiger partial charge on any atom is 0.258 e. The van der Waals surface area contributed by atoms with Gasteiger partial charge in [0.1, 0.15) is 11.2 Å². The van der Waals surface area contributed by atoms with Gasteiger partial charge < -0.3 is 10.1 Å². The first kappa shape index (κ1) is 16.0. The summed E-state index contributed by atoms with van der Waals surface area (Å²) in [5, 5.41) is 3.95. The van der Waals surface area contributed by atoms with E-state index in [4.69, 9.17) is 4.74 Å². The van der Waals surface area contributed by atoms with Crippen LogP contribution in [-0.4, -0.2) is 22.5 Å². The number of fused-ring (bicyclic) bond motifs is 3. The monoisotopic (exact) mass is 353 g/mol. The van der Waals surface area contributed by atoms with E-state index in [1.54, 1.807) is 11.3 Å². The molecule has 1 aromatic carbocycles. The van der Waals surface area contributed by atoms with Crippen molar-refractivity contribution in [3.05, 3.63) is 52.7 Å². The van der Waals surface area contributed by atoms with Gasteiger partial charge in [0.05, 0.1) is 11.4 Å². The number of aryl methyl sites for hydroxylation is 2. The van der Waals surface area contributed by atoms with Gasteiger partial charge >= 0.3 is 0 Å². The summed E-state index contributed by atoms with van der Waals surface area (Å²) in [7, 11) is 0. The lowest BCUT2D eigenvalue weighted by atomic mass is 10.1. The van der Waals surface area contributed by atoms with Gasteiger partial charge in [-0.2, -0.15) is 0 Å². The predicted octanol–water partition coefficient (Wildman–Crippen LogP) is 3.44. The molecule has 1 aliphatic rings. The van der Waals surface area contributed by atoms with Crippen molar-refractivity contribution >= 4 is 27.5 Å². The first-order chi connectivity index (χ1) is 12.2. The number of nitrogens with zero attached hydrogens (tertiary/aromatic N) is 2. The van der Waals surface area contributed by atoms with E-state index >= 15 is 0 Å². The number of aromatic nitrogens is 2. The highest BCUT2D eigenvalue weighted by atomic mass is 32.1. The number of nitrogens with one attached hydrogen (secondary N) is 1. The SMILES string of the molecule is CC(NC(=O)COc1ncnc2sc3c(c12)CCC3)c1ccccc1. The molecule has 0 saturated heterocycles. The van der Waals surface area contributed by atoms with Gasteiger partial charge in [0, 0.05) is 4.88 Å². The molecule has 0 fully saturated rings. The van der Waals surface area contributed by atoms with Crippen molar-refractivity contribution < 1.29 is 9.53 Å². The third-order valence-corrected chi connectivity index (χ3v) is 5.68. The summed E-state index contributed by atoms with van der Waals surface area (Å²) in [6.07, 6.45) is 4.82. The lowest BCUT2D eigenvalue weighted by Gasteiger charge is -2.14.